The maximum Gasteiger partial charge on any atom is 0.262 e. The summed E-state index contributed by atoms with van der Waals surface area (Å²) < 4.78 is 11.6. The van der Waals surface area contributed by atoms with E-state index in [-0.39, 0.29) is 5.91 Å². The summed E-state index contributed by atoms with van der Waals surface area (Å²) in [6, 6.07) is 5.91. The smallest absolute Gasteiger partial charge is 0.262 e. The van der Waals surface area contributed by atoms with E-state index >= 15 is 0 Å². The SMILES string of the molecule is COc1ccc(C)cc1-c1csc(NC(=O)c2c(C)oc(C)c2Br)n1. The topological polar surface area (TPSA) is 64.4 Å². The van der Waals surface area contributed by atoms with Crippen molar-refractivity contribution < 1.29 is 13.9 Å². The molecule has 1 amide bonds. The van der Waals surface area contributed by atoms with Crippen molar-refractivity contribution in [3.05, 3.63) is 50.7 Å². The molecule has 25 heavy (non-hydrogen) atoms. The predicted molar refractivity (Wildman–Crippen MR) is 103 cm³/mol. The number of ether oxygens (including phenoxy) is 1. The van der Waals surface area contributed by atoms with Crippen molar-refractivity contribution in [1.29, 1.82) is 0 Å². The third-order valence-corrected chi connectivity index (χ3v) is 5.48. The molecule has 0 aliphatic heterocycles. The average Bonchev–Trinajstić information content (AvgIpc) is 3.12. The number of anilines is 1. The summed E-state index contributed by atoms with van der Waals surface area (Å²) >= 11 is 4.76. The van der Waals surface area contributed by atoms with Gasteiger partial charge in [0.2, 0.25) is 0 Å². The van der Waals surface area contributed by atoms with Gasteiger partial charge in [-0.3, -0.25) is 10.1 Å². The second-order valence-corrected chi connectivity index (χ2v) is 7.25. The van der Waals surface area contributed by atoms with Crippen molar-refractivity contribution in [3.8, 4) is 17.0 Å². The van der Waals surface area contributed by atoms with Gasteiger partial charge in [0, 0.05) is 10.9 Å². The highest BCUT2D eigenvalue weighted by Gasteiger charge is 2.21. The van der Waals surface area contributed by atoms with E-state index in [2.05, 4.69) is 26.2 Å². The van der Waals surface area contributed by atoms with Crippen LogP contribution in [0, 0.1) is 20.8 Å². The number of hydrogen-bond donors (Lipinski definition) is 1. The van der Waals surface area contributed by atoms with Crippen LogP contribution >= 0.6 is 27.3 Å². The van der Waals surface area contributed by atoms with E-state index in [0.29, 0.717) is 26.7 Å². The lowest BCUT2D eigenvalue weighted by Crippen LogP contribution is -2.12. The maximum atomic E-state index is 12.5. The van der Waals surface area contributed by atoms with Crippen LogP contribution in [0.15, 0.2) is 32.5 Å². The van der Waals surface area contributed by atoms with Crippen molar-refractivity contribution in [2.45, 2.75) is 20.8 Å². The Labute approximate surface area is 158 Å². The summed E-state index contributed by atoms with van der Waals surface area (Å²) in [7, 11) is 1.63. The summed E-state index contributed by atoms with van der Waals surface area (Å²) in [6.45, 7) is 5.58. The van der Waals surface area contributed by atoms with Gasteiger partial charge in [0.25, 0.3) is 5.91 Å². The fourth-order valence-electron chi connectivity index (χ4n) is 2.55. The number of nitrogens with one attached hydrogen (secondary N) is 1. The Morgan fingerprint density at radius 1 is 1.28 bits per heavy atom. The molecule has 5 nitrogen and oxygen atoms in total. The molecule has 3 rings (SSSR count). The third kappa shape index (κ3) is 3.48. The van der Waals surface area contributed by atoms with Crippen LogP contribution in [-0.4, -0.2) is 18.0 Å². The number of aromatic nitrogens is 1. The molecule has 7 heteroatoms. The zero-order valence-corrected chi connectivity index (χ0v) is 16.7. The van der Waals surface area contributed by atoms with Crippen molar-refractivity contribution in [3.63, 3.8) is 0 Å². The summed E-state index contributed by atoms with van der Waals surface area (Å²) in [5, 5.41) is 5.25. The van der Waals surface area contributed by atoms with Gasteiger partial charge in [0.1, 0.15) is 17.3 Å². The minimum Gasteiger partial charge on any atom is -0.496 e. The second-order valence-electron chi connectivity index (χ2n) is 5.60. The lowest BCUT2D eigenvalue weighted by atomic mass is 10.1. The molecule has 3 aromatic rings. The van der Waals surface area contributed by atoms with Crippen LogP contribution in [0.3, 0.4) is 0 Å². The number of benzene rings is 1. The Kier molecular flexibility index (Phi) is 4.96. The fraction of sp³-hybridized carbons (Fsp3) is 0.222. The number of aryl methyl sites for hydroxylation is 3. The molecule has 0 spiro atoms. The third-order valence-electron chi connectivity index (χ3n) is 3.77. The Morgan fingerprint density at radius 3 is 2.68 bits per heavy atom. The zero-order chi connectivity index (χ0) is 18.1. The summed E-state index contributed by atoms with van der Waals surface area (Å²) in [5.74, 6) is 1.74. The van der Waals surface area contributed by atoms with E-state index in [1.807, 2.05) is 30.5 Å². The molecule has 0 atom stereocenters. The number of rotatable bonds is 4. The highest BCUT2D eigenvalue weighted by Crippen LogP contribution is 2.34. The lowest BCUT2D eigenvalue weighted by molar-refractivity contribution is 0.102. The predicted octanol–water partition coefficient (Wildman–Crippen LogP) is 5.35. The monoisotopic (exact) mass is 420 g/mol. The normalized spacial score (nSPS) is 10.8. The Hall–Kier alpha value is -2.12. The van der Waals surface area contributed by atoms with Crippen LogP contribution in [-0.2, 0) is 0 Å². The van der Waals surface area contributed by atoms with Crippen LogP contribution in [0.2, 0.25) is 0 Å². The van der Waals surface area contributed by atoms with E-state index in [4.69, 9.17) is 9.15 Å². The number of nitrogens with zero attached hydrogens (tertiary/aromatic N) is 1. The van der Waals surface area contributed by atoms with Crippen LogP contribution < -0.4 is 10.1 Å². The first kappa shape index (κ1) is 17.7. The molecule has 0 saturated carbocycles. The first-order valence-electron chi connectivity index (χ1n) is 7.58. The molecule has 0 bridgehead atoms. The van der Waals surface area contributed by atoms with Crippen LogP contribution in [0.4, 0.5) is 5.13 Å². The van der Waals surface area contributed by atoms with Crippen molar-refractivity contribution >= 4 is 38.3 Å². The van der Waals surface area contributed by atoms with E-state index in [0.717, 1.165) is 22.6 Å². The Morgan fingerprint density at radius 2 is 2.04 bits per heavy atom. The number of thiazole rings is 1. The quantitative estimate of drug-likeness (QED) is 0.617. The molecule has 1 aromatic carbocycles. The number of hydrogen-bond acceptors (Lipinski definition) is 5. The summed E-state index contributed by atoms with van der Waals surface area (Å²) in [4.78, 5) is 17.1. The molecule has 2 aromatic heterocycles. The first-order chi connectivity index (χ1) is 11.9. The highest BCUT2D eigenvalue weighted by molar-refractivity contribution is 9.10. The van der Waals surface area contributed by atoms with Gasteiger partial charge in [-0.15, -0.1) is 11.3 Å². The van der Waals surface area contributed by atoms with Crippen molar-refractivity contribution in [2.75, 3.05) is 12.4 Å². The van der Waals surface area contributed by atoms with Gasteiger partial charge in [-0.2, -0.15) is 0 Å². The Bertz CT molecular complexity index is 946. The highest BCUT2D eigenvalue weighted by atomic mass is 79.9. The number of furan rings is 1. The zero-order valence-electron chi connectivity index (χ0n) is 14.3. The van der Waals surface area contributed by atoms with Crippen molar-refractivity contribution in [2.24, 2.45) is 0 Å². The summed E-state index contributed by atoms with van der Waals surface area (Å²) in [5.41, 5.74) is 3.26. The number of carbonyl (C=O) groups is 1. The maximum absolute atomic E-state index is 12.5. The average molecular weight is 421 g/mol. The standard InChI is InChI=1S/C18H17BrN2O3S/c1-9-5-6-14(23-4)12(7-9)13-8-25-18(20-13)21-17(22)15-10(2)24-11(3)16(15)19/h5-8H,1-4H3,(H,20,21,22). The minimum absolute atomic E-state index is 0.252. The number of halogens is 1. The van der Waals surface area contributed by atoms with Gasteiger partial charge < -0.3 is 9.15 Å². The minimum atomic E-state index is -0.252. The van der Waals surface area contributed by atoms with E-state index in [1.165, 1.54) is 11.3 Å². The lowest BCUT2D eigenvalue weighted by Gasteiger charge is -2.07. The van der Waals surface area contributed by atoms with Gasteiger partial charge >= 0.3 is 0 Å². The molecule has 2 heterocycles. The van der Waals surface area contributed by atoms with E-state index in [1.54, 1.807) is 21.0 Å². The van der Waals surface area contributed by atoms with Gasteiger partial charge in [0.15, 0.2) is 5.13 Å². The molecular formula is C18H17BrN2O3S. The number of carbonyl (C=O) groups excluding carboxylic acids is 1. The second kappa shape index (κ2) is 7.01. The molecule has 0 aliphatic carbocycles. The van der Waals surface area contributed by atoms with E-state index < -0.39 is 0 Å². The molecule has 130 valence electrons. The molecule has 0 unspecified atom stereocenters. The summed E-state index contributed by atoms with van der Waals surface area (Å²) in [6.07, 6.45) is 0. The molecule has 0 saturated heterocycles. The van der Waals surface area contributed by atoms with Gasteiger partial charge in [-0.05, 0) is 48.8 Å². The van der Waals surface area contributed by atoms with Gasteiger partial charge in [0.05, 0.1) is 22.8 Å². The molecule has 0 fully saturated rings. The fourth-order valence-corrected chi connectivity index (χ4v) is 3.80. The molecular weight excluding hydrogens is 404 g/mol. The van der Waals surface area contributed by atoms with Crippen LogP contribution in [0.25, 0.3) is 11.3 Å². The number of amides is 1. The van der Waals surface area contributed by atoms with Gasteiger partial charge in [-0.25, -0.2) is 4.98 Å². The molecule has 0 aliphatic rings. The van der Waals surface area contributed by atoms with Crippen LogP contribution in [0.5, 0.6) is 5.75 Å². The number of methoxy groups -OCH3 is 1. The largest absolute Gasteiger partial charge is 0.496 e. The molecule has 0 radical (unpaired) electrons. The first-order valence-corrected chi connectivity index (χ1v) is 9.25. The molecule has 1 N–H and O–H groups in total. The van der Waals surface area contributed by atoms with Gasteiger partial charge in [-0.1, -0.05) is 11.6 Å². The van der Waals surface area contributed by atoms with E-state index in [9.17, 15) is 4.79 Å². The van der Waals surface area contributed by atoms with Crippen LogP contribution in [0.1, 0.15) is 27.4 Å². The Balaban J connectivity index is 1.87. The van der Waals surface area contributed by atoms with Crippen molar-refractivity contribution in [1.82, 2.24) is 4.98 Å².